The van der Waals surface area contributed by atoms with Gasteiger partial charge in [0.15, 0.2) is 6.20 Å². The molecule has 3 aliphatic carbocycles. The van der Waals surface area contributed by atoms with Gasteiger partial charge in [0.05, 0.1) is 0 Å². The van der Waals surface area contributed by atoms with E-state index < -0.39 is 0 Å². The van der Waals surface area contributed by atoms with Crippen molar-refractivity contribution in [3.05, 3.63) is 53.2 Å². The first-order valence-corrected chi connectivity index (χ1v) is 8.54. The highest BCUT2D eigenvalue weighted by Crippen LogP contribution is 2.56. The summed E-state index contributed by atoms with van der Waals surface area (Å²) in [5, 5.41) is 0. The zero-order chi connectivity index (χ0) is 15.5. The number of benzene rings is 1. The van der Waals surface area contributed by atoms with Crippen molar-refractivity contribution in [1.29, 1.82) is 0 Å². The molecule has 1 heterocycles. The summed E-state index contributed by atoms with van der Waals surface area (Å²) in [6.07, 6.45) is 7.55. The molecule has 1 aromatic heterocycles. The maximum absolute atomic E-state index is 2.51. The molecule has 114 valence electrons. The minimum absolute atomic E-state index is 0.392. The summed E-state index contributed by atoms with van der Waals surface area (Å²) in [5.74, 6) is 0. The molecule has 1 aromatic carbocycles. The molecule has 5 rings (SSSR count). The fraction of sp³-hybridized carbons (Fsp3) is 0.476. The highest BCUT2D eigenvalue weighted by Gasteiger charge is 2.47. The molecule has 2 aromatic rings. The van der Waals surface area contributed by atoms with E-state index in [1.165, 1.54) is 42.5 Å². The van der Waals surface area contributed by atoms with Crippen LogP contribution in [0.25, 0.3) is 11.3 Å². The average molecular weight is 292 g/mol. The second-order valence-electron chi connectivity index (χ2n) is 8.03. The van der Waals surface area contributed by atoms with Crippen LogP contribution in [0, 0.1) is 6.92 Å². The molecule has 1 fully saturated rings. The summed E-state index contributed by atoms with van der Waals surface area (Å²) in [6, 6.07) is 11.5. The quantitative estimate of drug-likeness (QED) is 0.677. The van der Waals surface area contributed by atoms with E-state index in [0.717, 1.165) is 0 Å². The molecule has 0 saturated heterocycles. The molecule has 2 bridgehead atoms. The Morgan fingerprint density at radius 1 is 0.909 bits per heavy atom. The van der Waals surface area contributed by atoms with Gasteiger partial charge >= 0.3 is 0 Å². The van der Waals surface area contributed by atoms with Gasteiger partial charge in [-0.25, -0.2) is 4.57 Å². The topological polar surface area (TPSA) is 3.88 Å². The van der Waals surface area contributed by atoms with Crippen molar-refractivity contribution in [1.82, 2.24) is 0 Å². The summed E-state index contributed by atoms with van der Waals surface area (Å²) in [7, 11) is 2.14. The number of pyridine rings is 1. The summed E-state index contributed by atoms with van der Waals surface area (Å²) >= 11 is 0. The van der Waals surface area contributed by atoms with E-state index in [9.17, 15) is 0 Å². The van der Waals surface area contributed by atoms with Crippen LogP contribution in [0.5, 0.6) is 0 Å². The molecule has 0 spiro atoms. The first-order chi connectivity index (χ1) is 10.4. The van der Waals surface area contributed by atoms with Crippen molar-refractivity contribution in [3.63, 3.8) is 0 Å². The number of aromatic nitrogens is 1. The second-order valence-corrected chi connectivity index (χ2v) is 8.03. The molecule has 0 radical (unpaired) electrons. The van der Waals surface area contributed by atoms with Crippen molar-refractivity contribution in [3.8, 4) is 11.3 Å². The molecule has 0 aliphatic heterocycles. The Morgan fingerprint density at radius 2 is 1.50 bits per heavy atom. The molecule has 1 saturated carbocycles. The first kappa shape index (κ1) is 14.0. The van der Waals surface area contributed by atoms with Crippen LogP contribution in [-0.4, -0.2) is 0 Å². The maximum Gasteiger partial charge on any atom is 0.212 e. The minimum atomic E-state index is 0.392. The molecule has 1 heteroatoms. The van der Waals surface area contributed by atoms with Crippen LogP contribution >= 0.6 is 0 Å². The third-order valence-electron chi connectivity index (χ3n) is 6.45. The Balaban J connectivity index is 1.97. The van der Waals surface area contributed by atoms with Crippen LogP contribution < -0.4 is 4.57 Å². The number of rotatable bonds is 1. The van der Waals surface area contributed by atoms with E-state index in [-0.39, 0.29) is 0 Å². The van der Waals surface area contributed by atoms with Crippen LogP contribution in [0.1, 0.15) is 56.2 Å². The van der Waals surface area contributed by atoms with Gasteiger partial charge in [0, 0.05) is 17.7 Å². The van der Waals surface area contributed by atoms with E-state index in [1.807, 2.05) is 0 Å². The lowest BCUT2D eigenvalue weighted by Crippen LogP contribution is -2.44. The number of hydrogen-bond donors (Lipinski definition) is 0. The first-order valence-electron chi connectivity index (χ1n) is 8.54. The van der Waals surface area contributed by atoms with E-state index in [1.54, 1.807) is 11.1 Å². The van der Waals surface area contributed by atoms with Gasteiger partial charge in [-0.05, 0) is 72.3 Å². The van der Waals surface area contributed by atoms with Crippen LogP contribution in [-0.2, 0) is 17.9 Å². The third kappa shape index (κ3) is 1.81. The van der Waals surface area contributed by atoms with Gasteiger partial charge in [0.1, 0.15) is 7.05 Å². The Labute approximate surface area is 134 Å². The van der Waals surface area contributed by atoms with E-state index in [4.69, 9.17) is 0 Å². The SMILES string of the molecule is Cc1cc2c(cc1-c1cccc[n+]1C)C1(C)CCC2(C)CC1. The summed E-state index contributed by atoms with van der Waals surface area (Å²) in [6.45, 7) is 7.23. The molecular weight excluding hydrogens is 266 g/mol. The van der Waals surface area contributed by atoms with Crippen molar-refractivity contribution in [2.24, 2.45) is 7.05 Å². The molecule has 0 amide bonds. The molecule has 0 atom stereocenters. The Hall–Kier alpha value is -1.63. The average Bonchev–Trinajstić information content (AvgIpc) is 2.50. The van der Waals surface area contributed by atoms with Gasteiger partial charge in [0.25, 0.3) is 0 Å². The van der Waals surface area contributed by atoms with Crippen molar-refractivity contribution >= 4 is 0 Å². The van der Waals surface area contributed by atoms with Crippen LogP contribution in [0.15, 0.2) is 36.5 Å². The fourth-order valence-electron chi connectivity index (χ4n) is 4.68. The number of aryl methyl sites for hydroxylation is 2. The van der Waals surface area contributed by atoms with Gasteiger partial charge in [-0.1, -0.05) is 19.9 Å². The van der Waals surface area contributed by atoms with Crippen molar-refractivity contribution in [2.45, 2.75) is 57.3 Å². The number of hydrogen-bond acceptors (Lipinski definition) is 0. The summed E-state index contributed by atoms with van der Waals surface area (Å²) in [4.78, 5) is 0. The van der Waals surface area contributed by atoms with Crippen LogP contribution in [0.4, 0.5) is 0 Å². The predicted octanol–water partition coefficient (Wildman–Crippen LogP) is 4.59. The fourth-order valence-corrected chi connectivity index (χ4v) is 4.68. The summed E-state index contributed by atoms with van der Waals surface area (Å²) in [5.41, 5.74) is 8.19. The molecule has 22 heavy (non-hydrogen) atoms. The number of nitrogens with zero attached hydrogens (tertiary/aromatic N) is 1. The van der Waals surface area contributed by atoms with E-state index >= 15 is 0 Å². The largest absolute Gasteiger partial charge is 0.212 e. The third-order valence-corrected chi connectivity index (χ3v) is 6.45. The molecular formula is C21H26N+. The highest BCUT2D eigenvalue weighted by molar-refractivity contribution is 5.65. The standard InChI is InChI=1S/C21H26N/c1-15-13-17-18(21(3)10-8-20(17,2)9-11-21)14-16(15)19-7-5-6-12-22(19)4/h5-7,12-14H,8-11H2,1-4H3/q+1. The lowest BCUT2D eigenvalue weighted by Gasteiger charge is -2.52. The smallest absolute Gasteiger partial charge is 0.201 e. The molecule has 0 unspecified atom stereocenters. The second kappa shape index (κ2) is 4.44. The molecule has 0 N–H and O–H groups in total. The zero-order valence-electron chi connectivity index (χ0n) is 14.2. The Bertz CT molecular complexity index is 748. The normalized spacial score (nSPS) is 29.5. The molecule has 1 nitrogen and oxygen atoms in total. The van der Waals surface area contributed by atoms with Gasteiger partial charge in [0.2, 0.25) is 5.69 Å². The predicted molar refractivity (Wildman–Crippen MR) is 91.0 cm³/mol. The van der Waals surface area contributed by atoms with Gasteiger partial charge in [-0.3, -0.25) is 0 Å². The molecule has 3 aliphatic rings. The summed E-state index contributed by atoms with van der Waals surface area (Å²) < 4.78 is 2.24. The number of fused-ring (bicyclic) bond motifs is 2. The Morgan fingerprint density at radius 3 is 2.09 bits per heavy atom. The van der Waals surface area contributed by atoms with Gasteiger partial charge < -0.3 is 0 Å². The van der Waals surface area contributed by atoms with Crippen molar-refractivity contribution < 1.29 is 4.57 Å². The van der Waals surface area contributed by atoms with Crippen LogP contribution in [0.2, 0.25) is 0 Å². The van der Waals surface area contributed by atoms with Crippen molar-refractivity contribution in [2.75, 3.05) is 0 Å². The van der Waals surface area contributed by atoms with E-state index in [2.05, 4.69) is 68.9 Å². The lowest BCUT2D eigenvalue weighted by molar-refractivity contribution is -0.660. The lowest BCUT2D eigenvalue weighted by atomic mass is 9.52. The Kier molecular flexibility index (Phi) is 2.82. The van der Waals surface area contributed by atoms with E-state index in [0.29, 0.717) is 10.8 Å². The highest BCUT2D eigenvalue weighted by atomic mass is 14.9. The zero-order valence-corrected chi connectivity index (χ0v) is 14.2. The monoisotopic (exact) mass is 292 g/mol. The minimum Gasteiger partial charge on any atom is -0.201 e. The van der Waals surface area contributed by atoms with Crippen LogP contribution in [0.3, 0.4) is 0 Å². The van der Waals surface area contributed by atoms with Gasteiger partial charge in [-0.15, -0.1) is 0 Å². The van der Waals surface area contributed by atoms with Gasteiger partial charge in [-0.2, -0.15) is 0 Å². The maximum atomic E-state index is 2.51.